The molecule has 1 saturated heterocycles. The zero-order valence-electron chi connectivity index (χ0n) is 20.9. The van der Waals surface area contributed by atoms with E-state index in [4.69, 9.17) is 4.74 Å². The van der Waals surface area contributed by atoms with Gasteiger partial charge in [-0.15, -0.1) is 0 Å². The van der Waals surface area contributed by atoms with Gasteiger partial charge in [0, 0.05) is 39.6 Å². The van der Waals surface area contributed by atoms with Crippen LogP contribution in [0, 0.1) is 5.92 Å². The molecule has 8 nitrogen and oxygen atoms in total. The molecule has 1 aliphatic heterocycles. The maximum absolute atomic E-state index is 12.8. The quantitative estimate of drug-likeness (QED) is 0.629. The molecule has 2 amide bonds. The number of amides is 2. The first kappa shape index (κ1) is 26.5. The molecular formula is C25H39N3O5S. The van der Waals surface area contributed by atoms with E-state index in [1.807, 2.05) is 26.8 Å². The minimum atomic E-state index is -3.65. The average molecular weight is 494 g/mol. The molecule has 2 aliphatic rings. The number of carbonyl (C=O) groups excluding carboxylic acids is 2. The van der Waals surface area contributed by atoms with Crippen LogP contribution in [0.1, 0.15) is 64.0 Å². The Kier molecular flexibility index (Phi) is 8.62. The lowest BCUT2D eigenvalue weighted by Crippen LogP contribution is -2.45. The topological polar surface area (TPSA) is 96.0 Å². The fraction of sp³-hybridized carbons (Fsp3) is 0.680. The van der Waals surface area contributed by atoms with E-state index in [2.05, 4.69) is 4.72 Å². The Morgan fingerprint density at radius 3 is 2.56 bits per heavy atom. The van der Waals surface area contributed by atoms with E-state index in [1.165, 1.54) is 5.56 Å². The number of aryl methyl sites for hydroxylation is 2. The predicted molar refractivity (Wildman–Crippen MR) is 131 cm³/mol. The SMILES string of the molecule is CN(C[C@H]1CCCN(C(=O)CCNS(=O)(=O)c2ccc3c(c2)CCCC3)C1)C(=O)OC(C)(C)C. The Morgan fingerprint density at radius 1 is 1.15 bits per heavy atom. The highest BCUT2D eigenvalue weighted by atomic mass is 32.2. The molecule has 0 aromatic heterocycles. The predicted octanol–water partition coefficient (Wildman–Crippen LogP) is 3.34. The van der Waals surface area contributed by atoms with Crippen LogP contribution in [0.25, 0.3) is 0 Å². The molecule has 1 aromatic rings. The molecule has 9 heteroatoms. The minimum absolute atomic E-state index is 0.0667. The van der Waals surface area contributed by atoms with Crippen molar-refractivity contribution in [1.29, 1.82) is 0 Å². The van der Waals surface area contributed by atoms with E-state index in [-0.39, 0.29) is 35.8 Å². The van der Waals surface area contributed by atoms with Crippen LogP contribution >= 0.6 is 0 Å². The van der Waals surface area contributed by atoms with Gasteiger partial charge in [-0.25, -0.2) is 17.9 Å². The summed E-state index contributed by atoms with van der Waals surface area (Å²) >= 11 is 0. The van der Waals surface area contributed by atoms with Crippen molar-refractivity contribution in [3.05, 3.63) is 29.3 Å². The van der Waals surface area contributed by atoms with Crippen molar-refractivity contribution in [3.63, 3.8) is 0 Å². The smallest absolute Gasteiger partial charge is 0.410 e. The molecule has 1 aliphatic carbocycles. The zero-order chi connectivity index (χ0) is 24.9. The largest absolute Gasteiger partial charge is 0.444 e. The van der Waals surface area contributed by atoms with Gasteiger partial charge in [0.05, 0.1) is 4.90 Å². The molecule has 0 saturated carbocycles. The van der Waals surface area contributed by atoms with Crippen LogP contribution in [-0.2, 0) is 32.4 Å². The normalized spacial score (nSPS) is 18.8. The van der Waals surface area contributed by atoms with Gasteiger partial charge in [0.25, 0.3) is 0 Å². The molecule has 1 aromatic carbocycles. The van der Waals surface area contributed by atoms with Gasteiger partial charge in [0.15, 0.2) is 0 Å². The Hall–Kier alpha value is -2.13. The second kappa shape index (κ2) is 11.1. The molecule has 1 atom stereocenters. The number of nitrogens with one attached hydrogen (secondary N) is 1. The second-order valence-corrected chi connectivity index (χ2v) is 12.3. The monoisotopic (exact) mass is 493 g/mol. The summed E-state index contributed by atoms with van der Waals surface area (Å²) in [7, 11) is -1.94. The number of nitrogens with zero attached hydrogens (tertiary/aromatic N) is 2. The van der Waals surface area contributed by atoms with Crippen LogP contribution < -0.4 is 4.72 Å². The van der Waals surface area contributed by atoms with Crippen LogP contribution in [0.2, 0.25) is 0 Å². The van der Waals surface area contributed by atoms with Gasteiger partial charge in [-0.3, -0.25) is 4.79 Å². The lowest BCUT2D eigenvalue weighted by molar-refractivity contribution is -0.132. The van der Waals surface area contributed by atoms with Crippen LogP contribution in [0.4, 0.5) is 4.79 Å². The highest BCUT2D eigenvalue weighted by molar-refractivity contribution is 7.89. The lowest BCUT2D eigenvalue weighted by Gasteiger charge is -2.35. The van der Waals surface area contributed by atoms with Gasteiger partial charge >= 0.3 is 6.09 Å². The van der Waals surface area contributed by atoms with Gasteiger partial charge < -0.3 is 14.5 Å². The molecule has 3 rings (SSSR count). The third-order valence-electron chi connectivity index (χ3n) is 6.37. The Balaban J connectivity index is 1.47. The summed E-state index contributed by atoms with van der Waals surface area (Å²) in [6, 6.07) is 5.34. The van der Waals surface area contributed by atoms with Crippen LogP contribution in [0.15, 0.2) is 23.1 Å². The molecule has 190 valence electrons. The van der Waals surface area contributed by atoms with Crippen molar-refractivity contribution in [2.45, 2.75) is 76.2 Å². The van der Waals surface area contributed by atoms with Gasteiger partial charge in [0.2, 0.25) is 15.9 Å². The standard InChI is InChI=1S/C25H39N3O5S/c1-25(2,3)33-24(30)27(4)17-19-8-7-15-28(18-19)23(29)13-14-26-34(31,32)22-12-11-20-9-5-6-10-21(20)16-22/h11-12,16,19,26H,5-10,13-15,17-18H2,1-4H3/t19-/m1/s1. The summed E-state index contributed by atoms with van der Waals surface area (Å²) in [4.78, 5) is 28.6. The molecule has 0 spiro atoms. The van der Waals surface area contributed by atoms with Crippen molar-refractivity contribution in [2.75, 3.05) is 33.2 Å². The summed E-state index contributed by atoms with van der Waals surface area (Å²) in [5.41, 5.74) is 1.80. The molecule has 0 unspecified atom stereocenters. The maximum atomic E-state index is 12.8. The number of piperidine rings is 1. The summed E-state index contributed by atoms with van der Waals surface area (Å²) in [6.45, 7) is 7.30. The highest BCUT2D eigenvalue weighted by Gasteiger charge is 2.27. The number of rotatable bonds is 7. The molecule has 0 radical (unpaired) electrons. The molecule has 1 N–H and O–H groups in total. The van der Waals surface area contributed by atoms with Crippen molar-refractivity contribution in [1.82, 2.24) is 14.5 Å². The average Bonchev–Trinajstić information content (AvgIpc) is 2.77. The van der Waals surface area contributed by atoms with Crippen molar-refractivity contribution in [3.8, 4) is 0 Å². The number of carbonyl (C=O) groups is 2. The lowest BCUT2D eigenvalue weighted by atomic mass is 9.92. The fourth-order valence-corrected chi connectivity index (χ4v) is 5.74. The number of sulfonamides is 1. The first-order chi connectivity index (χ1) is 15.9. The second-order valence-electron chi connectivity index (χ2n) is 10.5. The van der Waals surface area contributed by atoms with E-state index in [1.54, 1.807) is 29.0 Å². The van der Waals surface area contributed by atoms with Crippen molar-refractivity contribution >= 4 is 22.0 Å². The third-order valence-corrected chi connectivity index (χ3v) is 7.83. The Bertz CT molecular complexity index is 987. The van der Waals surface area contributed by atoms with E-state index >= 15 is 0 Å². The van der Waals surface area contributed by atoms with Gasteiger partial charge in [0.1, 0.15) is 5.60 Å². The van der Waals surface area contributed by atoms with E-state index < -0.39 is 15.6 Å². The first-order valence-electron chi connectivity index (χ1n) is 12.3. The van der Waals surface area contributed by atoms with E-state index in [0.717, 1.165) is 44.1 Å². The summed E-state index contributed by atoms with van der Waals surface area (Å²) in [6.07, 6.45) is 5.68. The Labute approximate surface area is 204 Å². The van der Waals surface area contributed by atoms with E-state index in [0.29, 0.717) is 19.6 Å². The third kappa shape index (κ3) is 7.43. The molecule has 0 bridgehead atoms. The summed E-state index contributed by atoms with van der Waals surface area (Å²) in [5, 5.41) is 0. The number of ether oxygens (including phenoxy) is 1. The van der Waals surface area contributed by atoms with Crippen LogP contribution in [0.5, 0.6) is 0 Å². The number of likely N-dealkylation sites (tertiary alicyclic amines) is 1. The Morgan fingerprint density at radius 2 is 1.85 bits per heavy atom. The van der Waals surface area contributed by atoms with Gasteiger partial charge in [-0.05, 0) is 88.5 Å². The van der Waals surface area contributed by atoms with Crippen molar-refractivity contribution in [2.24, 2.45) is 5.92 Å². The number of benzene rings is 1. The van der Waals surface area contributed by atoms with Crippen LogP contribution in [0.3, 0.4) is 0 Å². The summed E-state index contributed by atoms with van der Waals surface area (Å²) < 4.78 is 33.4. The molecule has 1 heterocycles. The molecule has 34 heavy (non-hydrogen) atoms. The minimum Gasteiger partial charge on any atom is -0.444 e. The zero-order valence-corrected chi connectivity index (χ0v) is 21.7. The number of hydrogen-bond acceptors (Lipinski definition) is 5. The van der Waals surface area contributed by atoms with Crippen molar-refractivity contribution < 1.29 is 22.7 Å². The fourth-order valence-electron chi connectivity index (χ4n) is 4.65. The van der Waals surface area contributed by atoms with Gasteiger partial charge in [-0.2, -0.15) is 0 Å². The maximum Gasteiger partial charge on any atom is 0.410 e. The summed E-state index contributed by atoms with van der Waals surface area (Å²) in [5.74, 6) is 0.0974. The number of fused-ring (bicyclic) bond motifs is 1. The molecular weight excluding hydrogens is 454 g/mol. The molecule has 1 fully saturated rings. The van der Waals surface area contributed by atoms with E-state index in [9.17, 15) is 18.0 Å². The van der Waals surface area contributed by atoms with Crippen LogP contribution in [-0.4, -0.2) is 69.0 Å². The number of hydrogen-bond donors (Lipinski definition) is 1. The van der Waals surface area contributed by atoms with Gasteiger partial charge in [-0.1, -0.05) is 6.07 Å². The highest BCUT2D eigenvalue weighted by Crippen LogP contribution is 2.24. The first-order valence-corrected chi connectivity index (χ1v) is 13.8.